The normalized spacial score (nSPS) is 10.2. The van der Waals surface area contributed by atoms with E-state index in [-0.39, 0.29) is 0 Å². The molecule has 0 fully saturated rings. The second kappa shape index (κ2) is 11.6. The third kappa shape index (κ3) is 6.40. The van der Waals surface area contributed by atoms with Crippen molar-refractivity contribution in [3.63, 3.8) is 0 Å². The van der Waals surface area contributed by atoms with Crippen LogP contribution in [0.4, 0.5) is 0 Å². The summed E-state index contributed by atoms with van der Waals surface area (Å²) in [6.45, 7) is 8.17. The van der Waals surface area contributed by atoms with Crippen molar-refractivity contribution in [2.75, 3.05) is 19.8 Å². The van der Waals surface area contributed by atoms with Crippen molar-refractivity contribution in [1.29, 1.82) is 5.26 Å². The number of ether oxygens (including phenoxy) is 3. The van der Waals surface area contributed by atoms with Gasteiger partial charge in [0.2, 0.25) is 5.75 Å². The fourth-order valence-corrected chi connectivity index (χ4v) is 2.17. The smallest absolute Gasteiger partial charge is 0.203 e. The van der Waals surface area contributed by atoms with Crippen LogP contribution in [0.2, 0.25) is 0 Å². The fraction of sp³-hybridized carbons (Fsp3) is 0.632. The molecule has 0 radical (unpaired) electrons. The summed E-state index contributed by atoms with van der Waals surface area (Å²) in [5, 5.41) is 8.74. The first-order valence-corrected chi connectivity index (χ1v) is 8.69. The standard InChI is InChI=1S/C19H29NO3/c1-4-13-21-17-11-10-16(9-7-8-12-20)18(22-14-5-2)19(17)23-15-6-3/h10-11H,4-9,13-15H2,1-3H3. The maximum atomic E-state index is 8.74. The molecule has 0 heterocycles. The average molecular weight is 319 g/mol. The largest absolute Gasteiger partial charge is 0.490 e. The van der Waals surface area contributed by atoms with Gasteiger partial charge in [-0.2, -0.15) is 5.26 Å². The molecule has 1 aromatic rings. The van der Waals surface area contributed by atoms with Crippen molar-refractivity contribution < 1.29 is 14.2 Å². The highest BCUT2D eigenvalue weighted by Gasteiger charge is 2.17. The van der Waals surface area contributed by atoms with Crippen molar-refractivity contribution in [3.8, 4) is 23.3 Å². The first-order chi connectivity index (χ1) is 11.3. The minimum absolute atomic E-state index is 0.548. The molecule has 0 bridgehead atoms. The lowest BCUT2D eigenvalue weighted by molar-refractivity contribution is 0.241. The molecule has 0 aromatic heterocycles. The Hall–Kier alpha value is -1.89. The summed E-state index contributed by atoms with van der Waals surface area (Å²) < 4.78 is 17.7. The van der Waals surface area contributed by atoms with Crippen molar-refractivity contribution in [3.05, 3.63) is 17.7 Å². The molecular formula is C19H29NO3. The molecule has 0 aliphatic carbocycles. The highest BCUT2D eigenvalue weighted by molar-refractivity contribution is 5.56. The molecule has 0 N–H and O–H groups in total. The van der Waals surface area contributed by atoms with E-state index in [1.165, 1.54) is 0 Å². The van der Waals surface area contributed by atoms with E-state index in [0.717, 1.165) is 49.2 Å². The second-order valence-electron chi connectivity index (χ2n) is 5.44. The molecule has 0 atom stereocenters. The van der Waals surface area contributed by atoms with Gasteiger partial charge in [0, 0.05) is 6.42 Å². The average Bonchev–Trinajstić information content (AvgIpc) is 2.57. The summed E-state index contributed by atoms with van der Waals surface area (Å²) in [6.07, 6.45) is 4.99. The quantitative estimate of drug-likeness (QED) is 0.514. The van der Waals surface area contributed by atoms with Gasteiger partial charge < -0.3 is 14.2 Å². The van der Waals surface area contributed by atoms with E-state index in [1.807, 2.05) is 12.1 Å². The SMILES string of the molecule is CCCOc1ccc(CCCC#N)c(OCCC)c1OCCC. The molecule has 0 amide bonds. The van der Waals surface area contributed by atoms with Gasteiger partial charge in [-0.25, -0.2) is 0 Å². The lowest BCUT2D eigenvalue weighted by Crippen LogP contribution is -2.07. The Morgan fingerprint density at radius 1 is 0.870 bits per heavy atom. The third-order valence-corrected chi connectivity index (χ3v) is 3.25. The number of rotatable bonds is 12. The Morgan fingerprint density at radius 3 is 2.09 bits per heavy atom. The van der Waals surface area contributed by atoms with E-state index in [4.69, 9.17) is 19.5 Å². The van der Waals surface area contributed by atoms with E-state index >= 15 is 0 Å². The van der Waals surface area contributed by atoms with Gasteiger partial charge in [0.1, 0.15) is 0 Å². The number of unbranched alkanes of at least 4 members (excludes halogenated alkanes) is 1. The molecule has 1 aromatic carbocycles. The van der Waals surface area contributed by atoms with Crippen LogP contribution >= 0.6 is 0 Å². The van der Waals surface area contributed by atoms with E-state index in [2.05, 4.69) is 26.8 Å². The van der Waals surface area contributed by atoms with Crippen LogP contribution in [0.1, 0.15) is 58.4 Å². The first-order valence-electron chi connectivity index (χ1n) is 8.69. The Morgan fingerprint density at radius 2 is 1.48 bits per heavy atom. The summed E-state index contributed by atoms with van der Waals surface area (Å²) >= 11 is 0. The predicted molar refractivity (Wildman–Crippen MR) is 92.4 cm³/mol. The molecule has 0 saturated carbocycles. The summed E-state index contributed by atoms with van der Waals surface area (Å²) in [4.78, 5) is 0. The summed E-state index contributed by atoms with van der Waals surface area (Å²) in [5.74, 6) is 2.24. The molecule has 0 unspecified atom stereocenters. The zero-order valence-electron chi connectivity index (χ0n) is 14.7. The van der Waals surface area contributed by atoms with Crippen molar-refractivity contribution in [2.24, 2.45) is 0 Å². The van der Waals surface area contributed by atoms with E-state index in [9.17, 15) is 0 Å². The third-order valence-electron chi connectivity index (χ3n) is 3.25. The molecule has 0 spiro atoms. The minimum Gasteiger partial charge on any atom is -0.490 e. The molecule has 128 valence electrons. The number of nitrogens with zero attached hydrogens (tertiary/aromatic N) is 1. The molecule has 0 aliphatic heterocycles. The van der Waals surface area contributed by atoms with Gasteiger partial charge >= 0.3 is 0 Å². The minimum atomic E-state index is 0.548. The van der Waals surface area contributed by atoms with Crippen LogP contribution in [0.25, 0.3) is 0 Å². The number of nitriles is 1. The monoisotopic (exact) mass is 319 g/mol. The Labute approximate surface area is 140 Å². The van der Waals surface area contributed by atoms with Gasteiger partial charge in [-0.1, -0.05) is 26.8 Å². The van der Waals surface area contributed by atoms with Gasteiger partial charge in [-0.3, -0.25) is 0 Å². The Kier molecular flexibility index (Phi) is 9.70. The molecule has 4 nitrogen and oxygen atoms in total. The van der Waals surface area contributed by atoms with Gasteiger partial charge in [0.15, 0.2) is 11.5 Å². The van der Waals surface area contributed by atoms with Gasteiger partial charge in [0.05, 0.1) is 25.9 Å². The van der Waals surface area contributed by atoms with Crippen molar-refractivity contribution in [2.45, 2.75) is 59.3 Å². The molecular weight excluding hydrogens is 290 g/mol. The van der Waals surface area contributed by atoms with Gasteiger partial charge in [0.25, 0.3) is 0 Å². The van der Waals surface area contributed by atoms with E-state index in [0.29, 0.717) is 32.0 Å². The number of hydrogen-bond donors (Lipinski definition) is 0. The predicted octanol–water partition coefficient (Wildman–Crippen LogP) is 4.90. The summed E-state index contributed by atoms with van der Waals surface area (Å²) in [5.41, 5.74) is 1.09. The highest BCUT2D eigenvalue weighted by Crippen LogP contribution is 2.41. The summed E-state index contributed by atoms with van der Waals surface area (Å²) in [6, 6.07) is 6.19. The van der Waals surface area contributed by atoms with Crippen LogP contribution in [-0.4, -0.2) is 19.8 Å². The number of hydrogen-bond acceptors (Lipinski definition) is 4. The molecule has 0 aliphatic rings. The van der Waals surface area contributed by atoms with E-state index < -0.39 is 0 Å². The van der Waals surface area contributed by atoms with Gasteiger partial charge in [-0.15, -0.1) is 0 Å². The molecule has 1 rings (SSSR count). The lowest BCUT2D eigenvalue weighted by Gasteiger charge is -2.19. The van der Waals surface area contributed by atoms with Crippen LogP contribution in [0.5, 0.6) is 17.2 Å². The van der Waals surface area contributed by atoms with Crippen LogP contribution in [0, 0.1) is 11.3 Å². The molecule has 23 heavy (non-hydrogen) atoms. The van der Waals surface area contributed by atoms with Crippen LogP contribution in [-0.2, 0) is 6.42 Å². The summed E-state index contributed by atoms with van der Waals surface area (Å²) in [7, 11) is 0. The van der Waals surface area contributed by atoms with Crippen molar-refractivity contribution >= 4 is 0 Å². The lowest BCUT2D eigenvalue weighted by atomic mass is 10.1. The zero-order chi connectivity index (χ0) is 16.9. The highest BCUT2D eigenvalue weighted by atomic mass is 16.5. The fourth-order valence-electron chi connectivity index (χ4n) is 2.17. The Balaban J connectivity index is 3.10. The van der Waals surface area contributed by atoms with E-state index in [1.54, 1.807) is 0 Å². The maximum Gasteiger partial charge on any atom is 0.203 e. The topological polar surface area (TPSA) is 51.5 Å². The number of aryl methyl sites for hydroxylation is 1. The Bertz CT molecular complexity index is 494. The molecule has 4 heteroatoms. The first kappa shape index (κ1) is 19.2. The van der Waals surface area contributed by atoms with Crippen LogP contribution < -0.4 is 14.2 Å². The van der Waals surface area contributed by atoms with Crippen LogP contribution in [0.3, 0.4) is 0 Å². The van der Waals surface area contributed by atoms with Crippen LogP contribution in [0.15, 0.2) is 12.1 Å². The maximum absolute atomic E-state index is 8.74. The second-order valence-corrected chi connectivity index (χ2v) is 5.44. The number of benzene rings is 1. The zero-order valence-corrected chi connectivity index (χ0v) is 14.7. The van der Waals surface area contributed by atoms with Crippen molar-refractivity contribution in [1.82, 2.24) is 0 Å². The molecule has 0 saturated heterocycles. The van der Waals surface area contributed by atoms with Gasteiger partial charge in [-0.05, 0) is 43.7 Å².